The molecule has 0 aromatic carbocycles. The third-order valence-corrected chi connectivity index (χ3v) is 4.80. The van der Waals surface area contributed by atoms with E-state index in [0.29, 0.717) is 19.2 Å². The minimum Gasteiger partial charge on any atom is -0.479 e. The minimum absolute atomic E-state index is 0.0383. The Morgan fingerprint density at radius 3 is 2.76 bits per heavy atom. The number of morpholine rings is 1. The van der Waals surface area contributed by atoms with Crippen LogP contribution in [0, 0.1) is 0 Å². The molecule has 3 saturated heterocycles. The SMILES string of the molecule is CC1CN2CCCC2CN1C(=O)N1CCOC(C(=O)O)C1. The van der Waals surface area contributed by atoms with Gasteiger partial charge in [0.1, 0.15) is 0 Å². The van der Waals surface area contributed by atoms with Gasteiger partial charge in [-0.05, 0) is 26.3 Å². The monoisotopic (exact) mass is 297 g/mol. The highest BCUT2D eigenvalue weighted by atomic mass is 16.5. The molecule has 3 unspecified atom stereocenters. The summed E-state index contributed by atoms with van der Waals surface area (Å²) in [5.41, 5.74) is 0. The fourth-order valence-corrected chi connectivity index (χ4v) is 3.61. The standard InChI is InChI=1S/C14H23N3O4/c1-10-7-15-4-2-3-11(15)8-17(10)14(20)16-5-6-21-12(9-16)13(18)19/h10-12H,2-9H2,1H3,(H,18,19). The number of carbonyl (C=O) groups is 2. The zero-order valence-corrected chi connectivity index (χ0v) is 12.4. The molecule has 7 heteroatoms. The van der Waals surface area contributed by atoms with Crippen LogP contribution >= 0.6 is 0 Å². The van der Waals surface area contributed by atoms with Crippen molar-refractivity contribution < 1.29 is 19.4 Å². The number of piperazine rings is 1. The first kappa shape index (κ1) is 14.6. The molecule has 21 heavy (non-hydrogen) atoms. The number of carboxylic acid groups (broad SMARTS) is 1. The summed E-state index contributed by atoms with van der Waals surface area (Å²) in [5.74, 6) is -0.999. The third kappa shape index (κ3) is 2.85. The Morgan fingerprint density at radius 1 is 1.19 bits per heavy atom. The van der Waals surface area contributed by atoms with Crippen LogP contribution in [-0.4, -0.2) is 89.3 Å². The second-order valence-electron chi connectivity index (χ2n) is 6.22. The van der Waals surface area contributed by atoms with E-state index in [1.54, 1.807) is 4.90 Å². The molecule has 7 nitrogen and oxygen atoms in total. The lowest BCUT2D eigenvalue weighted by molar-refractivity contribution is -0.154. The molecule has 3 fully saturated rings. The fourth-order valence-electron chi connectivity index (χ4n) is 3.61. The maximum absolute atomic E-state index is 12.7. The number of hydrogen-bond donors (Lipinski definition) is 1. The molecule has 0 radical (unpaired) electrons. The van der Waals surface area contributed by atoms with Crippen molar-refractivity contribution in [2.24, 2.45) is 0 Å². The molecule has 3 atom stereocenters. The first-order valence-electron chi connectivity index (χ1n) is 7.70. The lowest BCUT2D eigenvalue weighted by atomic mass is 10.1. The predicted octanol–water partition coefficient (Wildman–Crippen LogP) is 0.0603. The molecule has 3 aliphatic heterocycles. The molecular formula is C14H23N3O4. The number of amides is 2. The van der Waals surface area contributed by atoms with Gasteiger partial charge in [0.2, 0.25) is 0 Å². The molecule has 0 bridgehead atoms. The van der Waals surface area contributed by atoms with Crippen molar-refractivity contribution in [3.8, 4) is 0 Å². The molecule has 1 N–H and O–H groups in total. The van der Waals surface area contributed by atoms with Gasteiger partial charge in [-0.25, -0.2) is 9.59 Å². The van der Waals surface area contributed by atoms with Gasteiger partial charge in [-0.3, -0.25) is 4.90 Å². The van der Waals surface area contributed by atoms with Gasteiger partial charge in [-0.15, -0.1) is 0 Å². The van der Waals surface area contributed by atoms with Gasteiger partial charge in [0.15, 0.2) is 6.10 Å². The molecule has 0 aromatic rings. The molecule has 0 aliphatic carbocycles. The first-order valence-corrected chi connectivity index (χ1v) is 7.70. The number of ether oxygens (including phenoxy) is 1. The van der Waals surface area contributed by atoms with E-state index in [0.717, 1.165) is 26.1 Å². The lowest BCUT2D eigenvalue weighted by Gasteiger charge is -2.45. The van der Waals surface area contributed by atoms with Crippen molar-refractivity contribution in [3.05, 3.63) is 0 Å². The summed E-state index contributed by atoms with van der Waals surface area (Å²) in [6.45, 7) is 5.79. The van der Waals surface area contributed by atoms with Crippen LogP contribution in [0.25, 0.3) is 0 Å². The first-order chi connectivity index (χ1) is 10.1. The van der Waals surface area contributed by atoms with E-state index in [4.69, 9.17) is 9.84 Å². The average molecular weight is 297 g/mol. The third-order valence-electron chi connectivity index (χ3n) is 4.80. The summed E-state index contributed by atoms with van der Waals surface area (Å²) in [5, 5.41) is 9.04. The zero-order chi connectivity index (χ0) is 15.0. The van der Waals surface area contributed by atoms with Crippen molar-refractivity contribution in [2.75, 3.05) is 39.3 Å². The smallest absolute Gasteiger partial charge is 0.334 e. The van der Waals surface area contributed by atoms with Crippen LogP contribution in [0.1, 0.15) is 19.8 Å². The average Bonchev–Trinajstić information content (AvgIpc) is 2.92. The molecule has 3 rings (SSSR count). The summed E-state index contributed by atoms with van der Waals surface area (Å²) < 4.78 is 5.18. The van der Waals surface area contributed by atoms with Crippen LogP contribution < -0.4 is 0 Å². The second-order valence-corrected chi connectivity index (χ2v) is 6.22. The zero-order valence-electron chi connectivity index (χ0n) is 12.4. The van der Waals surface area contributed by atoms with Gasteiger partial charge >= 0.3 is 12.0 Å². The molecule has 118 valence electrons. The lowest BCUT2D eigenvalue weighted by Crippen LogP contribution is -2.61. The van der Waals surface area contributed by atoms with Crippen LogP contribution in [0.4, 0.5) is 4.79 Å². The maximum atomic E-state index is 12.7. The second kappa shape index (κ2) is 5.81. The van der Waals surface area contributed by atoms with Crippen molar-refractivity contribution in [2.45, 2.75) is 38.0 Å². The minimum atomic E-state index is -0.999. The number of urea groups is 1. The Morgan fingerprint density at radius 2 is 2.00 bits per heavy atom. The Labute approximate surface area is 124 Å². The van der Waals surface area contributed by atoms with Gasteiger partial charge in [0.25, 0.3) is 0 Å². The maximum Gasteiger partial charge on any atom is 0.334 e. The van der Waals surface area contributed by atoms with Crippen LogP contribution in [0.15, 0.2) is 0 Å². The summed E-state index contributed by atoms with van der Waals surface area (Å²) in [7, 11) is 0. The van der Waals surface area contributed by atoms with Crippen LogP contribution in [0.2, 0.25) is 0 Å². The molecule has 0 aromatic heterocycles. The van der Waals surface area contributed by atoms with E-state index in [2.05, 4.69) is 11.8 Å². The van der Waals surface area contributed by atoms with Crippen molar-refractivity contribution in [3.63, 3.8) is 0 Å². The number of aliphatic carboxylic acids is 1. The van der Waals surface area contributed by atoms with Gasteiger partial charge in [-0.2, -0.15) is 0 Å². The summed E-state index contributed by atoms with van der Waals surface area (Å²) in [6, 6.07) is 0.614. The van der Waals surface area contributed by atoms with E-state index in [-0.39, 0.29) is 18.6 Å². The molecule has 2 amide bonds. The quantitative estimate of drug-likeness (QED) is 0.741. The fraction of sp³-hybridized carbons (Fsp3) is 0.857. The highest BCUT2D eigenvalue weighted by molar-refractivity contribution is 5.78. The molecular weight excluding hydrogens is 274 g/mol. The van der Waals surface area contributed by atoms with Crippen molar-refractivity contribution in [1.82, 2.24) is 14.7 Å². The van der Waals surface area contributed by atoms with Crippen LogP contribution in [0.3, 0.4) is 0 Å². The topological polar surface area (TPSA) is 73.3 Å². The number of carboxylic acids is 1. The highest BCUT2D eigenvalue weighted by Gasteiger charge is 2.39. The van der Waals surface area contributed by atoms with Gasteiger partial charge in [-0.1, -0.05) is 0 Å². The summed E-state index contributed by atoms with van der Waals surface area (Å²) in [4.78, 5) is 29.7. The number of rotatable bonds is 1. The van der Waals surface area contributed by atoms with Crippen molar-refractivity contribution in [1.29, 1.82) is 0 Å². The Kier molecular flexibility index (Phi) is 4.03. The van der Waals surface area contributed by atoms with Crippen molar-refractivity contribution >= 4 is 12.0 Å². The van der Waals surface area contributed by atoms with E-state index < -0.39 is 12.1 Å². The predicted molar refractivity (Wildman–Crippen MR) is 75.1 cm³/mol. The number of hydrogen-bond acceptors (Lipinski definition) is 4. The van der Waals surface area contributed by atoms with E-state index >= 15 is 0 Å². The van der Waals surface area contributed by atoms with E-state index in [1.807, 2.05) is 4.90 Å². The Bertz CT molecular complexity index is 430. The number of fused-ring (bicyclic) bond motifs is 1. The van der Waals surface area contributed by atoms with E-state index in [9.17, 15) is 9.59 Å². The summed E-state index contributed by atoms with van der Waals surface area (Å²) in [6.07, 6.45) is 1.46. The van der Waals surface area contributed by atoms with Crippen LogP contribution in [-0.2, 0) is 9.53 Å². The summed E-state index contributed by atoms with van der Waals surface area (Å²) >= 11 is 0. The molecule has 3 heterocycles. The van der Waals surface area contributed by atoms with Gasteiger partial charge in [0, 0.05) is 31.7 Å². The number of carbonyl (C=O) groups excluding carboxylic acids is 1. The molecule has 3 aliphatic rings. The largest absolute Gasteiger partial charge is 0.479 e. The normalized spacial score (nSPS) is 33.9. The Hall–Kier alpha value is -1.34. The molecule has 0 spiro atoms. The van der Waals surface area contributed by atoms with Crippen LogP contribution in [0.5, 0.6) is 0 Å². The van der Waals surface area contributed by atoms with E-state index in [1.165, 1.54) is 6.42 Å². The molecule has 0 saturated carbocycles. The highest BCUT2D eigenvalue weighted by Crippen LogP contribution is 2.25. The van der Waals surface area contributed by atoms with Gasteiger partial charge < -0.3 is 19.6 Å². The number of nitrogens with zero attached hydrogens (tertiary/aromatic N) is 3. The Balaban J connectivity index is 1.65. The van der Waals surface area contributed by atoms with Gasteiger partial charge in [0.05, 0.1) is 13.2 Å².